The molecule has 1 aromatic carbocycles. The van der Waals surface area contributed by atoms with Gasteiger partial charge in [-0.25, -0.2) is 0 Å². The first-order chi connectivity index (χ1) is 9.58. The van der Waals surface area contributed by atoms with Crippen molar-refractivity contribution in [2.45, 2.75) is 31.7 Å². The first-order valence-electron chi connectivity index (χ1n) is 7.00. The minimum atomic E-state index is -0.450. The molecule has 1 aliphatic heterocycles. The summed E-state index contributed by atoms with van der Waals surface area (Å²) in [6.07, 6.45) is 0.259. The van der Waals surface area contributed by atoms with Gasteiger partial charge in [-0.3, -0.25) is 4.90 Å². The standard InChI is InChI=1S/C15H22BrNO3/c1-11-8-17(9-14(10-18)20-11)7-6-15(19)12-2-4-13(16)5-3-12/h2-5,11,14-15,18-19H,6-10H2,1H3. The molecule has 1 heterocycles. The Hall–Kier alpha value is -0.460. The van der Waals surface area contributed by atoms with Crippen molar-refractivity contribution in [3.63, 3.8) is 0 Å². The highest BCUT2D eigenvalue weighted by Gasteiger charge is 2.24. The quantitative estimate of drug-likeness (QED) is 0.857. The third-order valence-electron chi connectivity index (χ3n) is 3.58. The van der Waals surface area contributed by atoms with Gasteiger partial charge in [-0.15, -0.1) is 0 Å². The average Bonchev–Trinajstić information content (AvgIpc) is 2.45. The van der Waals surface area contributed by atoms with E-state index >= 15 is 0 Å². The Morgan fingerprint density at radius 2 is 2.05 bits per heavy atom. The van der Waals surface area contributed by atoms with Gasteiger partial charge in [0.15, 0.2) is 0 Å². The van der Waals surface area contributed by atoms with Gasteiger partial charge in [-0.1, -0.05) is 28.1 Å². The SMILES string of the molecule is CC1CN(CCC(O)c2ccc(Br)cc2)CC(CO)O1. The summed E-state index contributed by atoms with van der Waals surface area (Å²) in [6.45, 7) is 4.45. The van der Waals surface area contributed by atoms with Crippen LogP contribution in [0.15, 0.2) is 28.7 Å². The number of aliphatic hydroxyl groups is 2. The van der Waals surface area contributed by atoms with Gasteiger partial charge >= 0.3 is 0 Å². The summed E-state index contributed by atoms with van der Waals surface area (Å²) in [6, 6.07) is 7.76. The highest BCUT2D eigenvalue weighted by molar-refractivity contribution is 9.10. The van der Waals surface area contributed by atoms with Crippen molar-refractivity contribution in [2.75, 3.05) is 26.2 Å². The zero-order valence-electron chi connectivity index (χ0n) is 11.7. The van der Waals surface area contributed by atoms with E-state index < -0.39 is 6.10 Å². The number of rotatable bonds is 5. The summed E-state index contributed by atoms with van der Waals surface area (Å²) in [5, 5.41) is 19.4. The molecule has 0 amide bonds. The summed E-state index contributed by atoms with van der Waals surface area (Å²) in [7, 11) is 0. The topological polar surface area (TPSA) is 52.9 Å². The monoisotopic (exact) mass is 343 g/mol. The molecule has 3 unspecified atom stereocenters. The van der Waals surface area contributed by atoms with Crippen molar-refractivity contribution in [2.24, 2.45) is 0 Å². The lowest BCUT2D eigenvalue weighted by Crippen LogP contribution is -2.48. The molecular formula is C15H22BrNO3. The molecule has 1 aromatic rings. The van der Waals surface area contributed by atoms with Gasteiger partial charge in [0, 0.05) is 24.1 Å². The van der Waals surface area contributed by atoms with E-state index in [1.165, 1.54) is 0 Å². The van der Waals surface area contributed by atoms with Gasteiger partial charge in [0.05, 0.1) is 24.9 Å². The van der Waals surface area contributed by atoms with Gasteiger partial charge in [0.1, 0.15) is 0 Å². The molecule has 0 saturated carbocycles. The third-order valence-corrected chi connectivity index (χ3v) is 4.11. The van der Waals surface area contributed by atoms with Crippen molar-refractivity contribution < 1.29 is 14.9 Å². The summed E-state index contributed by atoms with van der Waals surface area (Å²) in [5.74, 6) is 0. The largest absolute Gasteiger partial charge is 0.394 e. The summed E-state index contributed by atoms with van der Waals surface area (Å²) in [4.78, 5) is 2.25. The number of benzene rings is 1. The predicted molar refractivity (Wildman–Crippen MR) is 81.6 cm³/mol. The van der Waals surface area contributed by atoms with Crippen LogP contribution in [0.1, 0.15) is 25.0 Å². The summed E-state index contributed by atoms with van der Waals surface area (Å²) in [5.41, 5.74) is 0.938. The summed E-state index contributed by atoms with van der Waals surface area (Å²) >= 11 is 3.39. The Morgan fingerprint density at radius 3 is 2.70 bits per heavy atom. The highest BCUT2D eigenvalue weighted by atomic mass is 79.9. The fourth-order valence-corrected chi connectivity index (χ4v) is 2.84. The van der Waals surface area contributed by atoms with Crippen LogP contribution in [0, 0.1) is 0 Å². The maximum Gasteiger partial charge on any atom is 0.0936 e. The van der Waals surface area contributed by atoms with E-state index in [0.29, 0.717) is 6.42 Å². The van der Waals surface area contributed by atoms with Gasteiger partial charge in [0.25, 0.3) is 0 Å². The molecule has 3 atom stereocenters. The number of morpholine rings is 1. The molecule has 1 saturated heterocycles. The van der Waals surface area contributed by atoms with Gasteiger partial charge in [-0.2, -0.15) is 0 Å². The van der Waals surface area contributed by atoms with Crippen molar-refractivity contribution in [3.05, 3.63) is 34.3 Å². The Bertz CT molecular complexity index is 412. The van der Waals surface area contributed by atoms with Crippen LogP contribution < -0.4 is 0 Å². The second-order valence-corrected chi connectivity index (χ2v) is 6.28. The van der Waals surface area contributed by atoms with Crippen LogP contribution in [0.3, 0.4) is 0 Å². The highest BCUT2D eigenvalue weighted by Crippen LogP contribution is 2.20. The van der Waals surface area contributed by atoms with Crippen molar-refractivity contribution in [1.29, 1.82) is 0 Å². The number of halogens is 1. The number of hydrogen-bond acceptors (Lipinski definition) is 4. The lowest BCUT2D eigenvalue weighted by molar-refractivity contribution is -0.0967. The first-order valence-corrected chi connectivity index (χ1v) is 7.80. The van der Waals surface area contributed by atoms with E-state index in [1.54, 1.807) is 0 Å². The number of nitrogens with zero attached hydrogens (tertiary/aromatic N) is 1. The van der Waals surface area contributed by atoms with E-state index in [4.69, 9.17) is 4.74 Å². The molecule has 5 heteroatoms. The summed E-state index contributed by atoms with van der Waals surface area (Å²) < 4.78 is 6.63. The smallest absolute Gasteiger partial charge is 0.0936 e. The third kappa shape index (κ3) is 4.53. The molecule has 0 radical (unpaired) electrons. The molecule has 1 fully saturated rings. The fraction of sp³-hybridized carbons (Fsp3) is 0.600. The van der Waals surface area contributed by atoms with Crippen LogP contribution in [0.2, 0.25) is 0 Å². The maximum absolute atomic E-state index is 10.2. The molecule has 0 aliphatic carbocycles. The predicted octanol–water partition coefficient (Wildman–Crippen LogP) is 1.95. The van der Waals surface area contributed by atoms with E-state index in [1.807, 2.05) is 31.2 Å². The number of aliphatic hydroxyl groups excluding tert-OH is 2. The minimum absolute atomic E-state index is 0.0517. The van der Waals surface area contributed by atoms with Crippen LogP contribution in [0.4, 0.5) is 0 Å². The zero-order chi connectivity index (χ0) is 14.5. The first kappa shape index (κ1) is 15.9. The molecule has 4 nitrogen and oxygen atoms in total. The molecule has 0 spiro atoms. The van der Waals surface area contributed by atoms with Gasteiger partial charge in [0.2, 0.25) is 0 Å². The molecular weight excluding hydrogens is 322 g/mol. The Balaban J connectivity index is 1.83. The van der Waals surface area contributed by atoms with Crippen LogP contribution in [0.5, 0.6) is 0 Å². The molecule has 2 rings (SSSR count). The zero-order valence-corrected chi connectivity index (χ0v) is 13.3. The van der Waals surface area contributed by atoms with Crippen LogP contribution in [-0.4, -0.2) is 53.6 Å². The molecule has 1 aliphatic rings. The Morgan fingerprint density at radius 1 is 1.35 bits per heavy atom. The lowest BCUT2D eigenvalue weighted by atomic mass is 10.1. The molecule has 112 valence electrons. The van der Waals surface area contributed by atoms with Crippen molar-refractivity contribution >= 4 is 15.9 Å². The fourth-order valence-electron chi connectivity index (χ4n) is 2.58. The number of ether oxygens (including phenoxy) is 1. The van der Waals surface area contributed by atoms with Crippen molar-refractivity contribution in [1.82, 2.24) is 4.90 Å². The van der Waals surface area contributed by atoms with Gasteiger partial charge in [-0.05, 0) is 31.0 Å². The van der Waals surface area contributed by atoms with Crippen LogP contribution >= 0.6 is 15.9 Å². The van der Waals surface area contributed by atoms with Crippen LogP contribution in [-0.2, 0) is 4.74 Å². The Labute approximate surface area is 128 Å². The van der Waals surface area contributed by atoms with Crippen molar-refractivity contribution in [3.8, 4) is 0 Å². The molecule has 2 N–H and O–H groups in total. The van der Waals surface area contributed by atoms with Gasteiger partial charge < -0.3 is 14.9 Å². The maximum atomic E-state index is 10.2. The van der Waals surface area contributed by atoms with E-state index in [2.05, 4.69) is 20.8 Å². The second kappa shape index (κ2) is 7.52. The lowest BCUT2D eigenvalue weighted by Gasteiger charge is -2.36. The second-order valence-electron chi connectivity index (χ2n) is 5.37. The van der Waals surface area contributed by atoms with E-state index in [0.717, 1.165) is 29.7 Å². The molecule has 20 heavy (non-hydrogen) atoms. The average molecular weight is 344 g/mol. The number of hydrogen-bond donors (Lipinski definition) is 2. The Kier molecular flexibility index (Phi) is 5.99. The molecule has 0 aromatic heterocycles. The van der Waals surface area contributed by atoms with E-state index in [9.17, 15) is 10.2 Å². The normalized spacial score (nSPS) is 25.6. The van der Waals surface area contributed by atoms with Crippen LogP contribution in [0.25, 0.3) is 0 Å². The molecule has 0 bridgehead atoms. The van der Waals surface area contributed by atoms with E-state index in [-0.39, 0.29) is 18.8 Å². The minimum Gasteiger partial charge on any atom is -0.394 e.